The minimum atomic E-state index is -0.863. The smallest absolute Gasteiger partial charge is 0.305 e. The van der Waals surface area contributed by atoms with Gasteiger partial charge >= 0.3 is 11.9 Å². The lowest BCUT2D eigenvalue weighted by molar-refractivity contribution is -0.176. The fraction of sp³-hybridized carbons (Fsp3) is 0.429. The molecule has 0 unspecified atom stereocenters. The third kappa shape index (κ3) is 5.66. The van der Waals surface area contributed by atoms with Crippen molar-refractivity contribution in [3.8, 4) is 0 Å². The fourth-order valence-corrected chi connectivity index (χ4v) is 0.901. The number of ether oxygens (including phenoxy) is 2. The number of hydrogen-bond donors (Lipinski definition) is 0. The Kier molecular flexibility index (Phi) is 5.03. The van der Waals surface area contributed by atoms with Crippen LogP contribution in [0, 0.1) is 0 Å². The van der Waals surface area contributed by atoms with Gasteiger partial charge in [-0.05, 0) is 6.08 Å². The van der Waals surface area contributed by atoms with Gasteiger partial charge in [0.15, 0.2) is 0 Å². The van der Waals surface area contributed by atoms with Crippen molar-refractivity contribution in [2.75, 3.05) is 0 Å². The first-order valence-electron chi connectivity index (χ1n) is 3.53. The second kappa shape index (κ2) is 5.53. The molecule has 0 heterocycles. The quantitative estimate of drug-likeness (QED) is 0.334. The SMILES string of the molecule is CC(=O)OC(C=C[SiH3])OC(C)=O. The molecule has 0 aliphatic heterocycles. The zero-order chi connectivity index (χ0) is 9.56. The van der Waals surface area contributed by atoms with Crippen molar-refractivity contribution < 1.29 is 19.1 Å². The molecule has 0 saturated heterocycles. The number of carbonyl (C=O) groups excluding carboxylic acids is 2. The monoisotopic (exact) mass is 188 g/mol. The maximum absolute atomic E-state index is 10.5. The minimum Gasteiger partial charge on any atom is -0.421 e. The first kappa shape index (κ1) is 10.9. The molecular weight excluding hydrogens is 176 g/mol. The lowest BCUT2D eigenvalue weighted by Crippen LogP contribution is -2.20. The number of carbonyl (C=O) groups is 2. The summed E-state index contributed by atoms with van der Waals surface area (Å²) in [5.41, 5.74) is 1.77. The molecule has 0 atom stereocenters. The van der Waals surface area contributed by atoms with Gasteiger partial charge in [-0.1, -0.05) is 0 Å². The number of hydrogen-bond acceptors (Lipinski definition) is 4. The molecule has 0 aromatic heterocycles. The van der Waals surface area contributed by atoms with Crippen molar-refractivity contribution in [1.82, 2.24) is 0 Å². The molecule has 0 radical (unpaired) electrons. The summed E-state index contributed by atoms with van der Waals surface area (Å²) in [4.78, 5) is 20.9. The largest absolute Gasteiger partial charge is 0.421 e. The van der Waals surface area contributed by atoms with Gasteiger partial charge in [0.05, 0.1) is 0 Å². The van der Waals surface area contributed by atoms with Gasteiger partial charge < -0.3 is 9.47 Å². The van der Waals surface area contributed by atoms with Gasteiger partial charge in [0.25, 0.3) is 6.29 Å². The Morgan fingerprint density at radius 2 is 1.67 bits per heavy atom. The Hall–Kier alpha value is -1.10. The molecule has 0 aromatic rings. The highest BCUT2D eigenvalue weighted by Gasteiger charge is 2.09. The van der Waals surface area contributed by atoms with E-state index in [9.17, 15) is 9.59 Å². The van der Waals surface area contributed by atoms with Gasteiger partial charge in [0.2, 0.25) is 0 Å². The predicted molar refractivity (Wildman–Crippen MR) is 46.4 cm³/mol. The van der Waals surface area contributed by atoms with Crippen LogP contribution >= 0.6 is 0 Å². The van der Waals surface area contributed by atoms with Gasteiger partial charge in [-0.2, -0.15) is 0 Å². The van der Waals surface area contributed by atoms with E-state index in [0.29, 0.717) is 0 Å². The Balaban J connectivity index is 4.03. The normalized spacial score (nSPS) is 10.6. The van der Waals surface area contributed by atoms with Crippen LogP contribution in [0.4, 0.5) is 0 Å². The summed E-state index contributed by atoms with van der Waals surface area (Å²) in [7, 11) is 0.825. The first-order chi connectivity index (χ1) is 5.56. The fourth-order valence-electron chi connectivity index (χ4n) is 0.587. The Morgan fingerprint density at radius 3 is 1.92 bits per heavy atom. The van der Waals surface area contributed by atoms with Crippen LogP contribution in [0.3, 0.4) is 0 Å². The average molecular weight is 188 g/mol. The molecule has 0 N–H and O–H groups in total. The molecule has 4 nitrogen and oxygen atoms in total. The molecule has 0 bridgehead atoms. The van der Waals surface area contributed by atoms with E-state index in [2.05, 4.69) is 9.47 Å². The Bertz CT molecular complexity index is 184. The van der Waals surface area contributed by atoms with E-state index >= 15 is 0 Å². The van der Waals surface area contributed by atoms with Crippen molar-refractivity contribution in [2.45, 2.75) is 20.1 Å². The summed E-state index contributed by atoms with van der Waals surface area (Å²) in [5, 5.41) is 0. The Morgan fingerprint density at radius 1 is 1.25 bits per heavy atom. The van der Waals surface area contributed by atoms with Gasteiger partial charge in [-0.3, -0.25) is 9.59 Å². The first-order valence-corrected chi connectivity index (χ1v) is 4.69. The predicted octanol–water partition coefficient (Wildman–Crippen LogP) is -0.682. The Labute approximate surface area is 74.0 Å². The average Bonchev–Trinajstić information content (AvgIpc) is 1.84. The molecule has 0 fully saturated rings. The van der Waals surface area contributed by atoms with Crippen LogP contribution in [0.1, 0.15) is 13.8 Å². The van der Waals surface area contributed by atoms with Crippen LogP contribution in [0.15, 0.2) is 11.8 Å². The highest BCUT2D eigenvalue weighted by Crippen LogP contribution is 1.97. The van der Waals surface area contributed by atoms with Crippen LogP contribution in [-0.4, -0.2) is 28.5 Å². The molecule has 0 amide bonds. The highest BCUT2D eigenvalue weighted by molar-refractivity contribution is 6.17. The molecular formula is C7H12O4Si. The standard InChI is InChI=1S/C7H12O4Si/c1-5(8)10-7(3-4-12)11-6(2)9/h3-4,7H,1-2,12H3. The van der Waals surface area contributed by atoms with Crippen LogP contribution < -0.4 is 0 Å². The minimum absolute atomic E-state index is 0.471. The highest BCUT2D eigenvalue weighted by atomic mass is 28.1. The summed E-state index contributed by atoms with van der Waals surface area (Å²) in [6, 6.07) is 0. The van der Waals surface area contributed by atoms with E-state index < -0.39 is 18.2 Å². The second-order valence-corrected chi connectivity index (χ2v) is 2.78. The van der Waals surface area contributed by atoms with Crippen molar-refractivity contribution in [3.63, 3.8) is 0 Å². The number of esters is 2. The van der Waals surface area contributed by atoms with E-state index in [0.717, 1.165) is 10.2 Å². The van der Waals surface area contributed by atoms with Gasteiger partial charge in [0, 0.05) is 24.1 Å². The summed E-state index contributed by atoms with van der Waals surface area (Å²) in [6.07, 6.45) is 0.673. The molecule has 5 heteroatoms. The van der Waals surface area contributed by atoms with Crippen molar-refractivity contribution in [1.29, 1.82) is 0 Å². The molecule has 0 aliphatic rings. The van der Waals surface area contributed by atoms with E-state index in [1.807, 2.05) is 0 Å². The lowest BCUT2D eigenvalue weighted by atomic mass is 10.6. The number of rotatable bonds is 3. The summed E-state index contributed by atoms with van der Waals surface area (Å²) < 4.78 is 9.31. The van der Waals surface area contributed by atoms with Gasteiger partial charge in [-0.15, -0.1) is 5.70 Å². The van der Waals surface area contributed by atoms with E-state index in [4.69, 9.17) is 0 Å². The van der Waals surface area contributed by atoms with E-state index in [1.54, 1.807) is 5.70 Å². The molecule has 12 heavy (non-hydrogen) atoms. The zero-order valence-corrected chi connectivity index (χ0v) is 9.37. The summed E-state index contributed by atoms with van der Waals surface area (Å²) in [6.45, 7) is 2.52. The van der Waals surface area contributed by atoms with Crippen LogP contribution in [-0.2, 0) is 19.1 Å². The van der Waals surface area contributed by atoms with Crippen molar-refractivity contribution in [2.24, 2.45) is 0 Å². The van der Waals surface area contributed by atoms with Crippen molar-refractivity contribution in [3.05, 3.63) is 11.8 Å². The van der Waals surface area contributed by atoms with Gasteiger partial charge in [0.1, 0.15) is 0 Å². The van der Waals surface area contributed by atoms with Crippen molar-refractivity contribution >= 4 is 22.2 Å². The van der Waals surface area contributed by atoms with E-state index in [1.165, 1.54) is 19.9 Å². The molecule has 0 saturated carbocycles. The third-order valence-electron chi connectivity index (χ3n) is 0.914. The molecule has 0 rings (SSSR count). The van der Waals surface area contributed by atoms with Crippen LogP contribution in [0.5, 0.6) is 0 Å². The summed E-state index contributed by atoms with van der Waals surface area (Å²) >= 11 is 0. The second-order valence-electron chi connectivity index (χ2n) is 2.11. The zero-order valence-electron chi connectivity index (χ0n) is 7.37. The molecule has 0 spiro atoms. The van der Waals surface area contributed by atoms with E-state index in [-0.39, 0.29) is 0 Å². The third-order valence-corrected chi connectivity index (χ3v) is 1.30. The summed E-state index contributed by atoms with van der Waals surface area (Å²) in [5.74, 6) is -0.943. The maximum atomic E-state index is 10.5. The molecule has 0 aromatic carbocycles. The maximum Gasteiger partial charge on any atom is 0.305 e. The van der Waals surface area contributed by atoms with Gasteiger partial charge in [-0.25, -0.2) is 0 Å². The topological polar surface area (TPSA) is 52.6 Å². The lowest BCUT2D eigenvalue weighted by Gasteiger charge is -2.11. The molecule has 0 aliphatic carbocycles. The van der Waals surface area contributed by atoms with Crippen LogP contribution in [0.25, 0.3) is 0 Å². The molecule has 68 valence electrons. The van der Waals surface area contributed by atoms with Crippen LogP contribution in [0.2, 0.25) is 0 Å².